The topological polar surface area (TPSA) is 81.6 Å². The zero-order chi connectivity index (χ0) is 18.7. The number of ether oxygens (including phenoxy) is 1. The van der Waals surface area contributed by atoms with E-state index in [1.807, 2.05) is 36.4 Å². The number of hydrogen-bond acceptors (Lipinski definition) is 4. The van der Waals surface area contributed by atoms with E-state index in [1.54, 1.807) is 6.07 Å². The van der Waals surface area contributed by atoms with Crippen LogP contribution >= 0.6 is 11.6 Å². The molecule has 0 spiro atoms. The minimum Gasteiger partial charge on any atom is -0.484 e. The summed E-state index contributed by atoms with van der Waals surface area (Å²) in [6.07, 6.45) is 3.14. The first-order valence-corrected chi connectivity index (χ1v) is 8.79. The van der Waals surface area contributed by atoms with Crippen LogP contribution in [0.3, 0.4) is 0 Å². The predicted molar refractivity (Wildman–Crippen MR) is 105 cm³/mol. The first kappa shape index (κ1) is 18.3. The minimum absolute atomic E-state index is 0.124. The molecule has 136 valence electrons. The van der Waals surface area contributed by atoms with Gasteiger partial charge in [0.1, 0.15) is 5.75 Å². The van der Waals surface area contributed by atoms with Crippen LogP contribution in [0.15, 0.2) is 48.5 Å². The monoisotopic (exact) mass is 371 g/mol. The number of carbonyl (C=O) groups is 1. The molecule has 1 atom stereocenters. The third-order valence-electron chi connectivity index (χ3n) is 4.53. The van der Waals surface area contributed by atoms with Gasteiger partial charge in [0.15, 0.2) is 6.61 Å². The van der Waals surface area contributed by atoms with Crippen molar-refractivity contribution in [1.82, 2.24) is 4.90 Å². The Morgan fingerprint density at radius 1 is 1.27 bits per heavy atom. The number of amides is 1. The Morgan fingerprint density at radius 3 is 2.69 bits per heavy atom. The lowest BCUT2D eigenvalue weighted by atomic mass is 9.92. The third-order valence-corrected chi connectivity index (χ3v) is 4.77. The summed E-state index contributed by atoms with van der Waals surface area (Å²) in [6, 6.07) is 13.4. The van der Waals surface area contributed by atoms with Crippen molar-refractivity contribution in [3.05, 3.63) is 64.7 Å². The molecule has 0 fully saturated rings. The van der Waals surface area contributed by atoms with E-state index in [9.17, 15) is 4.79 Å². The summed E-state index contributed by atoms with van der Waals surface area (Å²) in [5, 5.41) is 0.682. The van der Waals surface area contributed by atoms with Gasteiger partial charge in [0, 0.05) is 22.8 Å². The predicted octanol–water partition coefficient (Wildman–Crippen LogP) is 3.25. The normalized spacial score (nSPS) is 17.6. The molecule has 1 aliphatic rings. The van der Waals surface area contributed by atoms with Crippen molar-refractivity contribution in [3.8, 4) is 5.75 Å². The SMILES string of the molecule is CN1CCC(c2cc(Cl)ccc2N)=CC1c1ccc(OCC(N)=O)cc1. The quantitative estimate of drug-likeness (QED) is 0.790. The molecule has 0 radical (unpaired) electrons. The molecule has 0 bridgehead atoms. The summed E-state index contributed by atoms with van der Waals surface area (Å²) in [7, 11) is 2.09. The Balaban J connectivity index is 1.86. The largest absolute Gasteiger partial charge is 0.484 e. The molecule has 1 amide bonds. The van der Waals surface area contributed by atoms with Crippen molar-refractivity contribution in [3.63, 3.8) is 0 Å². The number of halogens is 1. The number of primary amides is 1. The van der Waals surface area contributed by atoms with Crippen LogP contribution in [0.25, 0.3) is 5.57 Å². The maximum atomic E-state index is 10.8. The summed E-state index contributed by atoms with van der Waals surface area (Å²) in [5.41, 5.74) is 15.3. The number of anilines is 1. The van der Waals surface area contributed by atoms with E-state index in [1.165, 1.54) is 5.57 Å². The molecule has 5 nitrogen and oxygen atoms in total. The second-order valence-electron chi connectivity index (χ2n) is 6.42. The van der Waals surface area contributed by atoms with Crippen LogP contribution in [0.4, 0.5) is 5.69 Å². The van der Waals surface area contributed by atoms with Crippen LogP contribution in [0.5, 0.6) is 5.75 Å². The number of nitrogens with two attached hydrogens (primary N) is 2. The molecule has 1 unspecified atom stereocenters. The molecule has 1 aliphatic heterocycles. The van der Waals surface area contributed by atoms with Gasteiger partial charge in [0.2, 0.25) is 0 Å². The zero-order valence-corrected chi connectivity index (χ0v) is 15.4. The Bertz CT molecular complexity index is 833. The van der Waals surface area contributed by atoms with Crippen LogP contribution in [-0.2, 0) is 4.79 Å². The van der Waals surface area contributed by atoms with Crippen LogP contribution in [-0.4, -0.2) is 31.0 Å². The molecule has 0 aromatic heterocycles. The third kappa shape index (κ3) is 4.18. The number of rotatable bonds is 5. The highest BCUT2D eigenvalue weighted by Gasteiger charge is 2.22. The van der Waals surface area contributed by atoms with E-state index in [0.29, 0.717) is 10.8 Å². The highest BCUT2D eigenvalue weighted by Crippen LogP contribution is 2.36. The fourth-order valence-corrected chi connectivity index (χ4v) is 3.31. The van der Waals surface area contributed by atoms with Gasteiger partial charge in [0.05, 0.1) is 6.04 Å². The fraction of sp³-hybridized carbons (Fsp3) is 0.250. The second-order valence-corrected chi connectivity index (χ2v) is 6.86. The zero-order valence-electron chi connectivity index (χ0n) is 14.6. The molecular formula is C20H22ClN3O2. The molecule has 4 N–H and O–H groups in total. The molecule has 0 aliphatic carbocycles. The highest BCUT2D eigenvalue weighted by atomic mass is 35.5. The fourth-order valence-electron chi connectivity index (χ4n) is 3.13. The number of carbonyl (C=O) groups excluding carboxylic acids is 1. The molecule has 2 aromatic carbocycles. The van der Waals surface area contributed by atoms with Crippen LogP contribution in [0, 0.1) is 0 Å². The van der Waals surface area contributed by atoms with Crippen molar-refractivity contribution >= 4 is 28.8 Å². The Kier molecular flexibility index (Phi) is 5.49. The van der Waals surface area contributed by atoms with Gasteiger partial charge < -0.3 is 16.2 Å². The molecule has 0 saturated carbocycles. The lowest BCUT2D eigenvalue weighted by Gasteiger charge is -2.32. The molecule has 1 heterocycles. The standard InChI is InChI=1S/C20H22ClN3O2/c1-24-9-8-14(17-11-15(21)4-7-18(17)22)10-19(24)13-2-5-16(6-3-13)26-12-20(23)25/h2-7,10-11,19H,8-9,12,22H2,1H3,(H2,23,25). The Labute approximate surface area is 158 Å². The van der Waals surface area contributed by atoms with Crippen molar-refractivity contribution in [2.45, 2.75) is 12.5 Å². The van der Waals surface area contributed by atoms with Crippen LogP contribution in [0.1, 0.15) is 23.6 Å². The van der Waals surface area contributed by atoms with Gasteiger partial charge in [-0.15, -0.1) is 0 Å². The van der Waals surface area contributed by atoms with Gasteiger partial charge in [-0.2, -0.15) is 0 Å². The van der Waals surface area contributed by atoms with Crippen LogP contribution in [0.2, 0.25) is 5.02 Å². The molecule has 3 rings (SSSR count). The number of nitrogens with zero attached hydrogens (tertiary/aromatic N) is 1. The summed E-state index contributed by atoms with van der Waals surface area (Å²) < 4.78 is 5.32. The van der Waals surface area contributed by atoms with Crippen molar-refractivity contribution < 1.29 is 9.53 Å². The van der Waals surface area contributed by atoms with Crippen LogP contribution < -0.4 is 16.2 Å². The van der Waals surface area contributed by atoms with Crippen molar-refractivity contribution in [1.29, 1.82) is 0 Å². The van der Waals surface area contributed by atoms with Gasteiger partial charge in [-0.05, 0) is 54.9 Å². The molecule has 0 saturated heterocycles. The van der Waals surface area contributed by atoms with Gasteiger partial charge in [-0.3, -0.25) is 9.69 Å². The Morgan fingerprint density at radius 2 is 2.00 bits per heavy atom. The molecule has 6 heteroatoms. The van der Waals surface area contributed by atoms with Gasteiger partial charge in [-0.25, -0.2) is 0 Å². The van der Waals surface area contributed by atoms with Gasteiger partial charge in [-0.1, -0.05) is 29.8 Å². The van der Waals surface area contributed by atoms with E-state index in [0.717, 1.165) is 29.8 Å². The molecular weight excluding hydrogens is 350 g/mol. The van der Waals surface area contributed by atoms with E-state index in [-0.39, 0.29) is 12.6 Å². The smallest absolute Gasteiger partial charge is 0.255 e. The van der Waals surface area contributed by atoms with Crippen molar-refractivity contribution in [2.24, 2.45) is 5.73 Å². The number of benzene rings is 2. The number of likely N-dealkylation sites (N-methyl/N-ethyl adjacent to an activating group) is 1. The van der Waals surface area contributed by atoms with E-state index in [4.69, 9.17) is 27.8 Å². The lowest BCUT2D eigenvalue weighted by Crippen LogP contribution is -2.28. The van der Waals surface area contributed by atoms with Crippen molar-refractivity contribution in [2.75, 3.05) is 25.9 Å². The van der Waals surface area contributed by atoms with E-state index >= 15 is 0 Å². The van der Waals surface area contributed by atoms with Gasteiger partial charge >= 0.3 is 0 Å². The first-order valence-electron chi connectivity index (χ1n) is 8.41. The van der Waals surface area contributed by atoms with E-state index in [2.05, 4.69) is 18.0 Å². The average Bonchev–Trinajstić information content (AvgIpc) is 2.63. The lowest BCUT2D eigenvalue weighted by molar-refractivity contribution is -0.119. The van der Waals surface area contributed by atoms with E-state index < -0.39 is 5.91 Å². The first-order chi connectivity index (χ1) is 12.4. The molecule has 26 heavy (non-hydrogen) atoms. The summed E-state index contributed by atoms with van der Waals surface area (Å²) in [6.45, 7) is 0.795. The van der Waals surface area contributed by atoms with Gasteiger partial charge in [0.25, 0.3) is 5.91 Å². The number of nitrogen functional groups attached to an aromatic ring is 1. The summed E-state index contributed by atoms with van der Waals surface area (Å²) in [4.78, 5) is 13.1. The Hall–Kier alpha value is -2.50. The number of hydrogen-bond donors (Lipinski definition) is 2. The highest BCUT2D eigenvalue weighted by molar-refractivity contribution is 6.30. The maximum absolute atomic E-state index is 10.8. The molecule has 2 aromatic rings. The summed E-state index contributed by atoms with van der Waals surface area (Å²) >= 11 is 6.15. The summed E-state index contributed by atoms with van der Waals surface area (Å²) in [5.74, 6) is 0.127. The maximum Gasteiger partial charge on any atom is 0.255 e. The second kappa shape index (κ2) is 7.81. The minimum atomic E-state index is -0.493. The average molecular weight is 372 g/mol.